The first kappa shape index (κ1) is 10.6. The number of carbonyl (C=O) groups excluding carboxylic acids is 1. The van der Waals surface area contributed by atoms with Crippen LogP contribution in [0.25, 0.3) is 10.1 Å². The molecular weight excluding hydrogens is 234 g/mol. The lowest BCUT2D eigenvalue weighted by molar-refractivity contribution is 0.0952. The van der Waals surface area contributed by atoms with Crippen LogP contribution in [-0.2, 0) is 0 Å². The van der Waals surface area contributed by atoms with Crippen LogP contribution in [0.2, 0.25) is 0 Å². The smallest absolute Gasteiger partial charge is 0.253 e. The quantitative estimate of drug-likeness (QED) is 0.857. The van der Waals surface area contributed by atoms with E-state index in [1.807, 2.05) is 13.0 Å². The maximum absolute atomic E-state index is 12.1. The molecule has 1 amide bonds. The number of amides is 1. The van der Waals surface area contributed by atoms with E-state index in [9.17, 15) is 9.90 Å². The Morgan fingerprint density at radius 2 is 2.24 bits per heavy atom. The third kappa shape index (κ3) is 1.89. The first-order valence-electron chi connectivity index (χ1n) is 5.68. The highest BCUT2D eigenvalue weighted by atomic mass is 32.1. The van der Waals surface area contributed by atoms with Crippen molar-refractivity contribution in [3.8, 4) is 5.75 Å². The lowest BCUT2D eigenvalue weighted by Gasteiger charge is -2.03. The van der Waals surface area contributed by atoms with Crippen LogP contribution < -0.4 is 5.32 Å². The third-order valence-electron chi connectivity index (χ3n) is 2.99. The van der Waals surface area contributed by atoms with E-state index in [2.05, 4.69) is 5.32 Å². The summed E-state index contributed by atoms with van der Waals surface area (Å²) in [5.41, 5.74) is 0.761. The molecule has 0 unspecified atom stereocenters. The minimum Gasteiger partial charge on any atom is -0.508 e. The minimum absolute atomic E-state index is 0.0157. The molecule has 0 saturated heterocycles. The van der Waals surface area contributed by atoms with E-state index in [0.717, 1.165) is 33.4 Å². The summed E-state index contributed by atoms with van der Waals surface area (Å²) in [6, 6.07) is 5.52. The number of thiophene rings is 1. The number of aryl methyl sites for hydroxylation is 1. The molecule has 3 rings (SSSR count). The summed E-state index contributed by atoms with van der Waals surface area (Å²) >= 11 is 1.55. The molecule has 0 radical (unpaired) electrons. The molecular formula is C13H13NO2S. The molecule has 17 heavy (non-hydrogen) atoms. The molecule has 2 N–H and O–H groups in total. The highest BCUT2D eigenvalue weighted by Gasteiger charge is 2.26. The zero-order valence-electron chi connectivity index (χ0n) is 9.49. The van der Waals surface area contributed by atoms with Crippen LogP contribution in [0, 0.1) is 6.92 Å². The van der Waals surface area contributed by atoms with Gasteiger partial charge in [0.15, 0.2) is 0 Å². The van der Waals surface area contributed by atoms with E-state index >= 15 is 0 Å². The van der Waals surface area contributed by atoms with Crippen LogP contribution in [-0.4, -0.2) is 17.1 Å². The van der Waals surface area contributed by atoms with E-state index in [1.54, 1.807) is 23.5 Å². The molecule has 0 atom stereocenters. The van der Waals surface area contributed by atoms with Crippen LogP contribution in [0.3, 0.4) is 0 Å². The SMILES string of the molecule is Cc1sc2cc(O)ccc2c1C(=O)NC1CC1. The van der Waals surface area contributed by atoms with Crippen molar-refractivity contribution in [2.75, 3.05) is 0 Å². The van der Waals surface area contributed by atoms with Crippen molar-refractivity contribution >= 4 is 27.3 Å². The van der Waals surface area contributed by atoms with E-state index in [4.69, 9.17) is 0 Å². The van der Waals surface area contributed by atoms with E-state index in [0.29, 0.717) is 6.04 Å². The normalized spacial score (nSPS) is 15.1. The number of rotatable bonds is 2. The number of phenolic OH excluding ortho intramolecular Hbond substituents is 1. The van der Waals surface area contributed by atoms with Crippen molar-refractivity contribution in [2.45, 2.75) is 25.8 Å². The summed E-state index contributed by atoms with van der Waals surface area (Å²) in [6.07, 6.45) is 2.18. The molecule has 0 spiro atoms. The number of phenols is 1. The van der Waals surface area contributed by atoms with Crippen LogP contribution in [0.4, 0.5) is 0 Å². The van der Waals surface area contributed by atoms with Gasteiger partial charge in [0, 0.05) is 21.0 Å². The van der Waals surface area contributed by atoms with Gasteiger partial charge in [-0.15, -0.1) is 11.3 Å². The zero-order chi connectivity index (χ0) is 12.0. The van der Waals surface area contributed by atoms with Crippen molar-refractivity contribution in [3.63, 3.8) is 0 Å². The number of nitrogens with one attached hydrogen (secondary N) is 1. The molecule has 0 aliphatic heterocycles. The molecule has 1 aliphatic carbocycles. The van der Waals surface area contributed by atoms with Gasteiger partial charge in [0.05, 0.1) is 5.56 Å². The number of benzene rings is 1. The van der Waals surface area contributed by atoms with Gasteiger partial charge >= 0.3 is 0 Å². The van der Waals surface area contributed by atoms with Crippen LogP contribution >= 0.6 is 11.3 Å². The second-order valence-electron chi connectivity index (χ2n) is 4.46. The van der Waals surface area contributed by atoms with Gasteiger partial charge < -0.3 is 10.4 Å². The Kier molecular flexibility index (Phi) is 2.33. The molecule has 1 aliphatic rings. The van der Waals surface area contributed by atoms with Gasteiger partial charge in [-0.1, -0.05) is 0 Å². The summed E-state index contributed by atoms with van der Waals surface area (Å²) in [7, 11) is 0. The lowest BCUT2D eigenvalue weighted by atomic mass is 10.1. The summed E-state index contributed by atoms with van der Waals surface area (Å²) in [4.78, 5) is 13.1. The van der Waals surface area contributed by atoms with Crippen LogP contribution in [0.5, 0.6) is 5.75 Å². The fraction of sp³-hybridized carbons (Fsp3) is 0.308. The van der Waals surface area contributed by atoms with Crippen molar-refractivity contribution in [3.05, 3.63) is 28.6 Å². The maximum Gasteiger partial charge on any atom is 0.253 e. The molecule has 2 aromatic rings. The third-order valence-corrected chi connectivity index (χ3v) is 4.06. The molecule has 1 heterocycles. The Bertz CT molecular complexity index is 599. The Balaban J connectivity index is 2.07. The Labute approximate surface area is 103 Å². The van der Waals surface area contributed by atoms with Crippen LogP contribution in [0.1, 0.15) is 28.1 Å². The standard InChI is InChI=1S/C13H13NO2S/c1-7-12(13(16)14-8-2-3-8)10-5-4-9(15)6-11(10)17-7/h4-6,8,15H,2-3H2,1H3,(H,14,16). The summed E-state index contributed by atoms with van der Waals surface area (Å²) in [6.45, 7) is 1.95. The van der Waals surface area contributed by atoms with E-state index in [-0.39, 0.29) is 11.7 Å². The molecule has 1 aromatic carbocycles. The van der Waals surface area contributed by atoms with Crippen LogP contribution in [0.15, 0.2) is 18.2 Å². The van der Waals surface area contributed by atoms with Gasteiger partial charge in [-0.2, -0.15) is 0 Å². The number of fused-ring (bicyclic) bond motifs is 1. The lowest BCUT2D eigenvalue weighted by Crippen LogP contribution is -2.25. The fourth-order valence-electron chi connectivity index (χ4n) is 1.98. The average Bonchev–Trinajstić information content (AvgIpc) is 2.99. The molecule has 0 bridgehead atoms. The highest BCUT2D eigenvalue weighted by molar-refractivity contribution is 7.19. The second kappa shape index (κ2) is 3.74. The predicted molar refractivity (Wildman–Crippen MR) is 68.7 cm³/mol. The average molecular weight is 247 g/mol. The first-order chi connectivity index (χ1) is 8.15. The van der Waals surface area contributed by atoms with Gasteiger partial charge in [0.25, 0.3) is 5.91 Å². The number of carbonyl (C=O) groups is 1. The number of aromatic hydroxyl groups is 1. The zero-order valence-corrected chi connectivity index (χ0v) is 10.3. The fourth-order valence-corrected chi connectivity index (χ4v) is 3.07. The summed E-state index contributed by atoms with van der Waals surface area (Å²) < 4.78 is 0.962. The molecule has 88 valence electrons. The van der Waals surface area contributed by atoms with Crippen molar-refractivity contribution in [1.82, 2.24) is 5.32 Å². The molecule has 3 nitrogen and oxygen atoms in total. The summed E-state index contributed by atoms with van der Waals surface area (Å²) in [5, 5.41) is 13.4. The van der Waals surface area contributed by atoms with E-state index < -0.39 is 0 Å². The topological polar surface area (TPSA) is 49.3 Å². The van der Waals surface area contributed by atoms with Gasteiger partial charge in [-0.05, 0) is 38.0 Å². The maximum atomic E-state index is 12.1. The van der Waals surface area contributed by atoms with Gasteiger partial charge in [-0.25, -0.2) is 0 Å². The molecule has 1 saturated carbocycles. The predicted octanol–water partition coefficient (Wildman–Crippen LogP) is 2.81. The minimum atomic E-state index is 0.0157. The van der Waals surface area contributed by atoms with Gasteiger partial charge in [0.1, 0.15) is 5.75 Å². The highest BCUT2D eigenvalue weighted by Crippen LogP contribution is 2.33. The molecule has 1 aromatic heterocycles. The Morgan fingerprint density at radius 3 is 2.94 bits per heavy atom. The van der Waals surface area contributed by atoms with Gasteiger partial charge in [0.2, 0.25) is 0 Å². The Hall–Kier alpha value is -1.55. The second-order valence-corrected chi connectivity index (χ2v) is 5.72. The van der Waals surface area contributed by atoms with Crippen molar-refractivity contribution in [1.29, 1.82) is 0 Å². The largest absolute Gasteiger partial charge is 0.508 e. The molecule has 4 heteroatoms. The van der Waals surface area contributed by atoms with Crippen molar-refractivity contribution in [2.24, 2.45) is 0 Å². The van der Waals surface area contributed by atoms with Gasteiger partial charge in [-0.3, -0.25) is 4.79 Å². The Morgan fingerprint density at radius 1 is 1.47 bits per heavy atom. The van der Waals surface area contributed by atoms with Crippen molar-refractivity contribution < 1.29 is 9.90 Å². The monoisotopic (exact) mass is 247 g/mol. The van der Waals surface area contributed by atoms with E-state index in [1.165, 1.54) is 0 Å². The number of hydrogen-bond donors (Lipinski definition) is 2. The number of hydrogen-bond acceptors (Lipinski definition) is 3. The summed E-state index contributed by atoms with van der Waals surface area (Å²) in [5.74, 6) is 0.259. The first-order valence-corrected chi connectivity index (χ1v) is 6.50. The molecule has 1 fully saturated rings.